The normalized spacial score (nSPS) is 25.2. The van der Waals surface area contributed by atoms with E-state index in [1.165, 1.54) is 0 Å². The molecule has 5 heteroatoms. The van der Waals surface area contributed by atoms with Crippen molar-refractivity contribution in [3.05, 3.63) is 24.3 Å². The molecule has 1 aliphatic carbocycles. The maximum Gasteiger partial charge on any atom is 0.303 e. The lowest BCUT2D eigenvalue weighted by atomic mass is 9.90. The second-order valence-electron chi connectivity index (χ2n) is 6.87. The maximum absolute atomic E-state index is 12.1. The molecule has 0 amide bonds. The van der Waals surface area contributed by atoms with E-state index in [1.807, 2.05) is 12.2 Å². The summed E-state index contributed by atoms with van der Waals surface area (Å²) in [6.45, 7) is 2.11. The zero-order valence-electron chi connectivity index (χ0n) is 15.1. The minimum atomic E-state index is -0.798. The third-order valence-electron chi connectivity index (χ3n) is 4.72. The standard InChI is InChI=1S/C20H32O5/c1-2-3-6-9-15(21)12-13-17-16(18(22)14-19(17)23)10-7-4-5-8-11-20(24)25/h4,7,12-13,15-18,21-22H,2-3,5-6,8-11,14H2,1H3,(H,24,25)/b7-4+,13-12+/t15?,16-,17-,18?/m1/s1. The molecule has 2 unspecified atom stereocenters. The molecule has 0 aromatic rings. The highest BCUT2D eigenvalue weighted by Crippen LogP contribution is 2.33. The molecular formula is C20H32O5. The first-order chi connectivity index (χ1) is 12.0. The van der Waals surface area contributed by atoms with Gasteiger partial charge in [-0.05, 0) is 25.7 Å². The summed E-state index contributed by atoms with van der Waals surface area (Å²) in [6, 6.07) is 0. The molecule has 142 valence electrons. The van der Waals surface area contributed by atoms with E-state index < -0.39 is 18.2 Å². The summed E-state index contributed by atoms with van der Waals surface area (Å²) in [5, 5.41) is 28.7. The molecule has 1 aliphatic rings. The first kappa shape index (κ1) is 21.6. The smallest absolute Gasteiger partial charge is 0.303 e. The number of hydrogen-bond acceptors (Lipinski definition) is 4. The molecule has 0 bridgehead atoms. The summed E-state index contributed by atoms with van der Waals surface area (Å²) in [4.78, 5) is 22.5. The highest BCUT2D eigenvalue weighted by atomic mass is 16.4. The Kier molecular flexibility index (Phi) is 10.3. The maximum atomic E-state index is 12.1. The Morgan fingerprint density at radius 1 is 1.28 bits per heavy atom. The van der Waals surface area contributed by atoms with Crippen LogP contribution in [0.4, 0.5) is 0 Å². The number of hydrogen-bond donors (Lipinski definition) is 3. The average Bonchev–Trinajstić information content (AvgIpc) is 2.82. The molecule has 1 saturated carbocycles. The highest BCUT2D eigenvalue weighted by Gasteiger charge is 2.39. The number of aliphatic carboxylic acids is 1. The van der Waals surface area contributed by atoms with Crippen LogP contribution in [0.5, 0.6) is 0 Å². The predicted molar refractivity (Wildman–Crippen MR) is 97.1 cm³/mol. The molecule has 0 spiro atoms. The Morgan fingerprint density at radius 3 is 2.72 bits per heavy atom. The summed E-state index contributed by atoms with van der Waals surface area (Å²) < 4.78 is 0. The van der Waals surface area contributed by atoms with Crippen molar-refractivity contribution in [2.45, 2.75) is 76.9 Å². The molecule has 3 N–H and O–H groups in total. The van der Waals surface area contributed by atoms with Gasteiger partial charge in [0.05, 0.1) is 12.2 Å². The van der Waals surface area contributed by atoms with Crippen molar-refractivity contribution >= 4 is 11.8 Å². The quantitative estimate of drug-likeness (QED) is 0.370. The molecule has 25 heavy (non-hydrogen) atoms. The van der Waals surface area contributed by atoms with Crippen LogP contribution in [-0.2, 0) is 9.59 Å². The van der Waals surface area contributed by atoms with Gasteiger partial charge in [0.2, 0.25) is 0 Å². The summed E-state index contributed by atoms with van der Waals surface area (Å²) in [6.07, 6.45) is 12.1. The number of carbonyl (C=O) groups excluding carboxylic acids is 1. The fourth-order valence-corrected chi connectivity index (χ4v) is 3.22. The number of Topliss-reactive ketones (excluding diaryl/α,β-unsaturated/α-hetero) is 1. The number of rotatable bonds is 12. The van der Waals surface area contributed by atoms with Crippen LogP contribution < -0.4 is 0 Å². The Bertz CT molecular complexity index is 469. The second kappa shape index (κ2) is 12.0. The zero-order valence-corrected chi connectivity index (χ0v) is 15.1. The number of carboxylic acids is 1. The minimum Gasteiger partial charge on any atom is -0.481 e. The van der Waals surface area contributed by atoms with E-state index in [0.29, 0.717) is 25.7 Å². The average molecular weight is 352 g/mol. The van der Waals surface area contributed by atoms with Gasteiger partial charge in [-0.25, -0.2) is 0 Å². The monoisotopic (exact) mass is 352 g/mol. The van der Waals surface area contributed by atoms with Gasteiger partial charge < -0.3 is 15.3 Å². The lowest BCUT2D eigenvalue weighted by Gasteiger charge is -2.17. The first-order valence-electron chi connectivity index (χ1n) is 9.39. The van der Waals surface area contributed by atoms with Crippen molar-refractivity contribution in [1.82, 2.24) is 0 Å². The Labute approximate surface area is 150 Å². The van der Waals surface area contributed by atoms with Crippen LogP contribution >= 0.6 is 0 Å². The van der Waals surface area contributed by atoms with Gasteiger partial charge >= 0.3 is 5.97 Å². The van der Waals surface area contributed by atoms with E-state index in [4.69, 9.17) is 5.11 Å². The molecule has 0 radical (unpaired) electrons. The molecule has 0 saturated heterocycles. The van der Waals surface area contributed by atoms with Crippen LogP contribution in [0, 0.1) is 11.8 Å². The van der Waals surface area contributed by atoms with E-state index >= 15 is 0 Å². The lowest BCUT2D eigenvalue weighted by molar-refractivity contribution is -0.137. The van der Waals surface area contributed by atoms with Crippen molar-refractivity contribution in [3.8, 4) is 0 Å². The summed E-state index contributed by atoms with van der Waals surface area (Å²) in [5.41, 5.74) is 0. The molecule has 4 atom stereocenters. The van der Waals surface area contributed by atoms with E-state index in [2.05, 4.69) is 6.92 Å². The van der Waals surface area contributed by atoms with Crippen LogP contribution in [0.2, 0.25) is 0 Å². The zero-order chi connectivity index (χ0) is 18.7. The first-order valence-corrected chi connectivity index (χ1v) is 9.39. The van der Waals surface area contributed by atoms with Gasteiger partial charge in [-0.1, -0.05) is 50.5 Å². The number of carboxylic acid groups (broad SMARTS) is 1. The summed E-state index contributed by atoms with van der Waals surface area (Å²) >= 11 is 0. The van der Waals surface area contributed by atoms with Gasteiger partial charge in [0.1, 0.15) is 5.78 Å². The van der Waals surface area contributed by atoms with Gasteiger partial charge in [0.25, 0.3) is 0 Å². The van der Waals surface area contributed by atoms with E-state index in [1.54, 1.807) is 12.2 Å². The van der Waals surface area contributed by atoms with Gasteiger partial charge in [0, 0.05) is 24.7 Å². The van der Waals surface area contributed by atoms with Gasteiger partial charge in [0.15, 0.2) is 0 Å². The van der Waals surface area contributed by atoms with Gasteiger partial charge in [-0.2, -0.15) is 0 Å². The second-order valence-corrected chi connectivity index (χ2v) is 6.87. The number of aliphatic hydroxyl groups excluding tert-OH is 2. The van der Waals surface area contributed by atoms with Crippen molar-refractivity contribution in [3.63, 3.8) is 0 Å². The molecule has 1 fully saturated rings. The molecular weight excluding hydrogens is 320 g/mol. The van der Waals surface area contributed by atoms with Crippen LogP contribution in [0.3, 0.4) is 0 Å². The number of unbranched alkanes of at least 4 members (excludes halogenated alkanes) is 3. The van der Waals surface area contributed by atoms with E-state index in [-0.39, 0.29) is 30.5 Å². The van der Waals surface area contributed by atoms with Gasteiger partial charge in [-0.15, -0.1) is 0 Å². The Hall–Kier alpha value is -1.46. The molecule has 0 aromatic heterocycles. The molecule has 1 rings (SSSR count). The van der Waals surface area contributed by atoms with Crippen molar-refractivity contribution in [2.24, 2.45) is 11.8 Å². The van der Waals surface area contributed by atoms with Crippen LogP contribution in [0.1, 0.15) is 64.7 Å². The SMILES string of the molecule is CCCCCC(O)/C=C/[C@H]1C(=O)CC(O)[C@@H]1C/C=C/CCCC(=O)O. The lowest BCUT2D eigenvalue weighted by Crippen LogP contribution is -2.19. The fraction of sp³-hybridized carbons (Fsp3) is 0.700. The summed E-state index contributed by atoms with van der Waals surface area (Å²) in [7, 11) is 0. The minimum absolute atomic E-state index is 0.0220. The number of allylic oxidation sites excluding steroid dienone is 3. The molecule has 0 heterocycles. The van der Waals surface area contributed by atoms with Crippen LogP contribution in [0.15, 0.2) is 24.3 Å². The fourth-order valence-electron chi connectivity index (χ4n) is 3.22. The molecule has 0 aromatic carbocycles. The third kappa shape index (κ3) is 8.45. The van der Waals surface area contributed by atoms with Crippen molar-refractivity contribution in [1.29, 1.82) is 0 Å². The predicted octanol–water partition coefficient (Wildman–Crippen LogP) is 3.25. The number of aliphatic hydroxyl groups is 2. The Morgan fingerprint density at radius 2 is 2.04 bits per heavy atom. The number of carbonyl (C=O) groups is 2. The molecule has 5 nitrogen and oxygen atoms in total. The van der Waals surface area contributed by atoms with E-state index in [0.717, 1.165) is 19.3 Å². The van der Waals surface area contributed by atoms with Crippen LogP contribution in [-0.4, -0.2) is 39.3 Å². The summed E-state index contributed by atoms with van der Waals surface area (Å²) in [5.74, 6) is -1.29. The Balaban J connectivity index is 2.48. The van der Waals surface area contributed by atoms with Crippen molar-refractivity contribution in [2.75, 3.05) is 0 Å². The molecule has 0 aliphatic heterocycles. The largest absolute Gasteiger partial charge is 0.481 e. The van der Waals surface area contributed by atoms with Crippen molar-refractivity contribution < 1.29 is 24.9 Å². The highest BCUT2D eigenvalue weighted by molar-refractivity contribution is 5.86. The topological polar surface area (TPSA) is 94.8 Å². The third-order valence-corrected chi connectivity index (χ3v) is 4.72. The van der Waals surface area contributed by atoms with E-state index in [9.17, 15) is 19.8 Å². The number of ketones is 1. The van der Waals surface area contributed by atoms with Gasteiger partial charge in [-0.3, -0.25) is 9.59 Å². The van der Waals surface area contributed by atoms with Crippen LogP contribution in [0.25, 0.3) is 0 Å².